The van der Waals surface area contributed by atoms with Crippen LogP contribution >= 0.6 is 0 Å². The highest BCUT2D eigenvalue weighted by Gasteiger charge is 1.93. The minimum Gasteiger partial charge on any atom is -0.396 e. The van der Waals surface area contributed by atoms with Gasteiger partial charge in [0.1, 0.15) is 0 Å². The minimum absolute atomic E-state index is 0.342. The van der Waals surface area contributed by atoms with E-state index >= 15 is 0 Å². The molecule has 0 bridgehead atoms. The van der Waals surface area contributed by atoms with Crippen LogP contribution in [0.25, 0.3) is 0 Å². The second kappa shape index (κ2) is 10.9. The third-order valence-electron chi connectivity index (χ3n) is 1.32. The van der Waals surface area contributed by atoms with E-state index in [0.29, 0.717) is 12.5 Å². The van der Waals surface area contributed by atoms with Gasteiger partial charge in [-0.3, -0.25) is 0 Å². The van der Waals surface area contributed by atoms with Crippen LogP contribution in [0.5, 0.6) is 0 Å². The van der Waals surface area contributed by atoms with E-state index in [2.05, 4.69) is 13.8 Å². The Kier molecular flexibility index (Phi) is 14.1. The molecule has 0 fully saturated rings. The highest BCUT2D eigenvalue weighted by Crippen LogP contribution is 2.03. The Morgan fingerprint density at radius 3 is 1.89 bits per heavy atom. The van der Waals surface area contributed by atoms with E-state index in [-0.39, 0.29) is 0 Å². The zero-order chi connectivity index (χ0) is 7.70. The first-order chi connectivity index (χ1) is 4.31. The van der Waals surface area contributed by atoms with Gasteiger partial charge in [0.05, 0.1) is 0 Å². The molecule has 9 heavy (non-hydrogen) atoms. The van der Waals surface area contributed by atoms with Gasteiger partial charge in [0.25, 0.3) is 0 Å². The highest BCUT2D eigenvalue weighted by molar-refractivity contribution is 4.45. The Morgan fingerprint density at radius 2 is 1.78 bits per heavy atom. The summed E-state index contributed by atoms with van der Waals surface area (Å²) in [5, 5.41) is 8.37. The Labute approximate surface area is 59.1 Å². The minimum atomic E-state index is 0.342. The predicted molar refractivity (Wildman–Crippen MR) is 42.5 cm³/mol. The quantitative estimate of drug-likeness (QED) is 0.625. The van der Waals surface area contributed by atoms with Crippen LogP contribution in [-0.2, 0) is 0 Å². The van der Waals surface area contributed by atoms with Crippen LogP contribution in [0.4, 0.5) is 0 Å². The zero-order valence-corrected chi connectivity index (χ0v) is 7.15. The van der Waals surface area contributed by atoms with Crippen molar-refractivity contribution in [1.82, 2.24) is 0 Å². The summed E-state index contributed by atoms with van der Waals surface area (Å²) in [5.74, 6) is 0.699. The first-order valence-corrected chi connectivity index (χ1v) is 3.92. The standard InChI is InChI=1S/C6H14O.C2H6/c1-3-6(2)4-5-7;1-2/h6-7H,3-5H2,1-2H3;1-2H3. The average Bonchev–Trinajstić information content (AvgIpc) is 1.93. The van der Waals surface area contributed by atoms with Gasteiger partial charge in [-0.15, -0.1) is 0 Å². The van der Waals surface area contributed by atoms with Gasteiger partial charge >= 0.3 is 0 Å². The number of aliphatic hydroxyl groups is 1. The molecular formula is C8H20O. The lowest BCUT2D eigenvalue weighted by molar-refractivity contribution is 0.260. The van der Waals surface area contributed by atoms with E-state index in [1.807, 2.05) is 13.8 Å². The van der Waals surface area contributed by atoms with Gasteiger partial charge in [0, 0.05) is 6.61 Å². The molecule has 58 valence electrons. The lowest BCUT2D eigenvalue weighted by atomic mass is 10.1. The molecule has 0 aliphatic heterocycles. The van der Waals surface area contributed by atoms with Crippen molar-refractivity contribution in [1.29, 1.82) is 0 Å². The van der Waals surface area contributed by atoms with Gasteiger partial charge in [0.2, 0.25) is 0 Å². The number of rotatable bonds is 3. The fourth-order valence-corrected chi connectivity index (χ4v) is 0.425. The van der Waals surface area contributed by atoms with Gasteiger partial charge in [-0.25, -0.2) is 0 Å². The van der Waals surface area contributed by atoms with Crippen LogP contribution in [0.1, 0.15) is 40.5 Å². The molecule has 0 rings (SSSR count). The maximum Gasteiger partial charge on any atom is 0.0433 e. The third-order valence-corrected chi connectivity index (χ3v) is 1.32. The molecule has 0 saturated carbocycles. The average molecular weight is 132 g/mol. The maximum absolute atomic E-state index is 8.37. The summed E-state index contributed by atoms with van der Waals surface area (Å²) >= 11 is 0. The smallest absolute Gasteiger partial charge is 0.0433 e. The second-order valence-electron chi connectivity index (χ2n) is 2.03. The van der Waals surface area contributed by atoms with E-state index in [1.54, 1.807) is 0 Å². The summed E-state index contributed by atoms with van der Waals surface area (Å²) in [6, 6.07) is 0. The molecule has 0 radical (unpaired) electrons. The first kappa shape index (κ1) is 11.7. The van der Waals surface area contributed by atoms with Crippen molar-refractivity contribution in [2.24, 2.45) is 5.92 Å². The van der Waals surface area contributed by atoms with E-state index in [1.165, 1.54) is 6.42 Å². The van der Waals surface area contributed by atoms with Crippen molar-refractivity contribution in [2.45, 2.75) is 40.5 Å². The molecule has 0 aromatic rings. The monoisotopic (exact) mass is 132 g/mol. The van der Waals surface area contributed by atoms with Crippen LogP contribution in [0, 0.1) is 5.92 Å². The van der Waals surface area contributed by atoms with Gasteiger partial charge in [-0.2, -0.15) is 0 Å². The van der Waals surface area contributed by atoms with Gasteiger partial charge < -0.3 is 5.11 Å². The van der Waals surface area contributed by atoms with Crippen LogP contribution < -0.4 is 0 Å². The largest absolute Gasteiger partial charge is 0.396 e. The van der Waals surface area contributed by atoms with Gasteiger partial charge in [0.15, 0.2) is 0 Å². The summed E-state index contributed by atoms with van der Waals surface area (Å²) in [6.07, 6.45) is 2.14. The van der Waals surface area contributed by atoms with Crippen molar-refractivity contribution in [3.05, 3.63) is 0 Å². The second-order valence-corrected chi connectivity index (χ2v) is 2.03. The molecule has 0 aromatic heterocycles. The molecule has 1 nitrogen and oxygen atoms in total. The van der Waals surface area contributed by atoms with Crippen molar-refractivity contribution in [2.75, 3.05) is 6.61 Å². The predicted octanol–water partition coefficient (Wildman–Crippen LogP) is 2.44. The molecule has 1 N–H and O–H groups in total. The van der Waals surface area contributed by atoms with E-state index in [4.69, 9.17) is 5.11 Å². The molecule has 0 aliphatic rings. The van der Waals surface area contributed by atoms with Crippen molar-refractivity contribution in [3.63, 3.8) is 0 Å². The fourth-order valence-electron chi connectivity index (χ4n) is 0.425. The van der Waals surface area contributed by atoms with Crippen LogP contribution in [0.15, 0.2) is 0 Å². The summed E-state index contributed by atoms with van der Waals surface area (Å²) in [5.41, 5.74) is 0. The van der Waals surface area contributed by atoms with Crippen LogP contribution in [0.2, 0.25) is 0 Å². The summed E-state index contributed by atoms with van der Waals surface area (Å²) in [4.78, 5) is 0. The highest BCUT2D eigenvalue weighted by atomic mass is 16.2. The molecule has 0 amide bonds. The summed E-state index contributed by atoms with van der Waals surface area (Å²) in [7, 11) is 0. The molecule has 0 saturated heterocycles. The Morgan fingerprint density at radius 1 is 1.33 bits per heavy atom. The van der Waals surface area contributed by atoms with Crippen molar-refractivity contribution < 1.29 is 5.11 Å². The Hall–Kier alpha value is -0.0400. The molecule has 0 aliphatic carbocycles. The lowest BCUT2D eigenvalue weighted by Gasteiger charge is -2.01. The van der Waals surface area contributed by atoms with Crippen LogP contribution in [0.3, 0.4) is 0 Å². The summed E-state index contributed by atoms with van der Waals surface area (Å²) in [6.45, 7) is 8.63. The maximum atomic E-state index is 8.37. The number of hydrogen-bond donors (Lipinski definition) is 1. The van der Waals surface area contributed by atoms with Crippen LogP contribution in [-0.4, -0.2) is 11.7 Å². The number of aliphatic hydroxyl groups excluding tert-OH is 1. The Bertz CT molecular complexity index is 35.5. The number of hydrogen-bond acceptors (Lipinski definition) is 1. The lowest BCUT2D eigenvalue weighted by Crippen LogP contribution is -1.94. The van der Waals surface area contributed by atoms with Crippen molar-refractivity contribution in [3.8, 4) is 0 Å². The third kappa shape index (κ3) is 11.5. The fraction of sp³-hybridized carbons (Fsp3) is 1.00. The summed E-state index contributed by atoms with van der Waals surface area (Å²) < 4.78 is 0. The molecule has 1 heteroatoms. The van der Waals surface area contributed by atoms with Crippen molar-refractivity contribution >= 4 is 0 Å². The molecule has 0 aromatic carbocycles. The molecular weight excluding hydrogens is 112 g/mol. The Balaban J connectivity index is 0. The van der Waals surface area contributed by atoms with Gasteiger partial charge in [-0.05, 0) is 12.3 Å². The molecule has 1 unspecified atom stereocenters. The van der Waals surface area contributed by atoms with E-state index < -0.39 is 0 Å². The molecule has 1 atom stereocenters. The van der Waals surface area contributed by atoms with E-state index in [0.717, 1.165) is 6.42 Å². The zero-order valence-electron chi connectivity index (χ0n) is 7.15. The molecule has 0 spiro atoms. The SMILES string of the molecule is CC.CCC(C)CCO. The topological polar surface area (TPSA) is 20.2 Å². The first-order valence-electron chi connectivity index (χ1n) is 3.92. The van der Waals surface area contributed by atoms with Gasteiger partial charge in [-0.1, -0.05) is 34.1 Å². The van der Waals surface area contributed by atoms with E-state index in [9.17, 15) is 0 Å². The molecule has 0 heterocycles. The normalized spacial score (nSPS) is 11.7.